The zero-order valence-corrected chi connectivity index (χ0v) is 33.8. The van der Waals surface area contributed by atoms with E-state index in [1.807, 2.05) is 27.7 Å². The monoisotopic (exact) mass is 778 g/mol. The molecule has 2 fully saturated rings. The maximum Gasteiger partial charge on any atom is 0.407 e. The number of H-pyrrole nitrogens is 2. The van der Waals surface area contributed by atoms with Gasteiger partial charge in [0.05, 0.1) is 50.1 Å². The van der Waals surface area contributed by atoms with Gasteiger partial charge in [-0.3, -0.25) is 9.59 Å². The number of alkyl carbamates (subject to hydrolysis) is 2. The van der Waals surface area contributed by atoms with Crippen LogP contribution < -0.4 is 10.6 Å². The van der Waals surface area contributed by atoms with Gasteiger partial charge in [-0.15, -0.1) is 0 Å². The molecule has 4 amide bonds. The minimum absolute atomic E-state index is 0.107. The Kier molecular flexibility index (Phi) is 12.8. The number of aromatic nitrogens is 4. The molecule has 2 aliphatic rings. The zero-order valence-electron chi connectivity index (χ0n) is 33.8. The first-order valence-electron chi connectivity index (χ1n) is 19.7. The summed E-state index contributed by atoms with van der Waals surface area (Å²) in [6.45, 7) is 10.7. The van der Waals surface area contributed by atoms with Gasteiger partial charge in [0.25, 0.3) is 0 Å². The van der Waals surface area contributed by atoms with Gasteiger partial charge < -0.3 is 39.9 Å². The van der Waals surface area contributed by atoms with Gasteiger partial charge in [-0.1, -0.05) is 94.8 Å². The van der Waals surface area contributed by atoms with Crippen LogP contribution in [0.4, 0.5) is 9.59 Å². The molecule has 14 nitrogen and oxygen atoms in total. The molecule has 6 rings (SSSR count). The number of carbonyl (C=O) groups excluding carboxylic acids is 4. The lowest BCUT2D eigenvalue weighted by atomic mass is 10.0. The first-order valence-corrected chi connectivity index (χ1v) is 19.7. The van der Waals surface area contributed by atoms with Gasteiger partial charge >= 0.3 is 12.2 Å². The minimum atomic E-state index is -0.726. The van der Waals surface area contributed by atoms with Gasteiger partial charge in [-0.2, -0.15) is 0 Å². The molecule has 302 valence electrons. The Labute approximate surface area is 333 Å². The third-order valence-electron chi connectivity index (χ3n) is 10.8. The summed E-state index contributed by atoms with van der Waals surface area (Å²) < 4.78 is 9.56. The number of rotatable bonds is 12. The molecular formula is C43H54N8O6. The SMILES string of the molecule is CC/C=C1\C[C@@H](c2ncc(-c3ccc(-c4ccc(-c5cnc([C@@H]6CCCN6C(=O)C(NC(=O)OC)C(C)C)[nH]5)cc4)cc3)[nH]2)N(C(=O)C(NC(=O)OC)C(C)C)C1. The van der Waals surface area contributed by atoms with Crippen LogP contribution in [0.2, 0.25) is 0 Å². The van der Waals surface area contributed by atoms with Crippen molar-refractivity contribution in [2.45, 2.75) is 84.5 Å². The molecule has 0 aliphatic carbocycles. The van der Waals surface area contributed by atoms with E-state index in [0.29, 0.717) is 25.3 Å². The number of ether oxygens (including phenoxy) is 2. The first-order chi connectivity index (χ1) is 27.4. The Morgan fingerprint density at radius 1 is 0.737 bits per heavy atom. The smallest absolute Gasteiger partial charge is 0.407 e. The van der Waals surface area contributed by atoms with Crippen LogP contribution in [0.15, 0.2) is 72.6 Å². The number of benzene rings is 2. The van der Waals surface area contributed by atoms with E-state index in [9.17, 15) is 19.2 Å². The highest BCUT2D eigenvalue weighted by molar-refractivity contribution is 5.87. The summed E-state index contributed by atoms with van der Waals surface area (Å²) >= 11 is 0. The van der Waals surface area contributed by atoms with Crippen LogP contribution in [0.25, 0.3) is 33.6 Å². The Morgan fingerprint density at radius 2 is 1.19 bits per heavy atom. The van der Waals surface area contributed by atoms with Crippen molar-refractivity contribution in [2.24, 2.45) is 11.8 Å². The summed E-state index contributed by atoms with van der Waals surface area (Å²) in [5, 5.41) is 5.41. The standard InChI is InChI=1S/C43H54N8O6/c1-8-10-27-21-35(51(24-27)41(53)37(26(4)5)49-43(55)57-7)39-45-23-33(47-39)31-18-14-29(15-19-31)28-12-16-30(17-13-28)32-22-44-38(46-32)34-11-9-20-50(34)40(52)36(25(2)3)48-42(54)56-6/h10,12-19,22-23,25-26,34-37H,8-9,11,20-21,24H2,1-7H3,(H,44,46)(H,45,47)(H,48,54)(H,49,55)/b27-10+/t34-,35-,36?,37?/m0/s1. The third-order valence-corrected chi connectivity index (χ3v) is 10.8. The quantitative estimate of drug-likeness (QED) is 0.110. The van der Waals surface area contributed by atoms with Crippen LogP contribution in [-0.4, -0.2) is 93.1 Å². The molecule has 2 unspecified atom stereocenters. The fourth-order valence-corrected chi connectivity index (χ4v) is 7.73. The van der Waals surface area contributed by atoms with Crippen molar-refractivity contribution < 1.29 is 28.7 Å². The highest BCUT2D eigenvalue weighted by atomic mass is 16.5. The lowest BCUT2D eigenvalue weighted by Gasteiger charge is -2.30. The van der Waals surface area contributed by atoms with E-state index < -0.39 is 24.3 Å². The molecule has 2 aromatic heterocycles. The van der Waals surface area contributed by atoms with E-state index in [0.717, 1.165) is 64.3 Å². The number of nitrogens with zero attached hydrogens (tertiary/aromatic N) is 4. The number of hydrogen-bond acceptors (Lipinski definition) is 8. The average Bonchev–Trinajstić information content (AvgIpc) is 4.05. The van der Waals surface area contributed by atoms with Crippen LogP contribution in [0, 0.1) is 11.8 Å². The fraction of sp³-hybridized carbons (Fsp3) is 0.442. The van der Waals surface area contributed by atoms with Crippen molar-refractivity contribution in [2.75, 3.05) is 27.3 Å². The molecule has 2 aliphatic heterocycles. The van der Waals surface area contributed by atoms with Gasteiger partial charge in [0, 0.05) is 13.1 Å². The van der Waals surface area contributed by atoms with E-state index in [-0.39, 0.29) is 35.7 Å². The highest BCUT2D eigenvalue weighted by Gasteiger charge is 2.40. The average molecular weight is 779 g/mol. The maximum absolute atomic E-state index is 13.8. The van der Waals surface area contributed by atoms with Gasteiger partial charge in [0.15, 0.2) is 0 Å². The molecule has 0 radical (unpaired) electrons. The van der Waals surface area contributed by atoms with E-state index in [1.165, 1.54) is 14.2 Å². The lowest BCUT2D eigenvalue weighted by molar-refractivity contribution is -0.136. The molecule has 4 heterocycles. The van der Waals surface area contributed by atoms with Crippen molar-refractivity contribution in [3.8, 4) is 33.6 Å². The van der Waals surface area contributed by atoms with Gasteiger partial charge in [-0.05, 0) is 59.8 Å². The summed E-state index contributed by atoms with van der Waals surface area (Å²) in [5.74, 6) is 0.868. The zero-order chi connectivity index (χ0) is 40.8. The van der Waals surface area contributed by atoms with E-state index in [1.54, 1.807) is 22.2 Å². The van der Waals surface area contributed by atoms with E-state index >= 15 is 0 Å². The Balaban J connectivity index is 1.13. The molecule has 2 aromatic carbocycles. The maximum atomic E-state index is 13.8. The number of nitrogens with one attached hydrogen (secondary N) is 4. The molecule has 4 atom stereocenters. The lowest BCUT2D eigenvalue weighted by Crippen LogP contribution is -2.51. The number of likely N-dealkylation sites (tertiary alicyclic amines) is 2. The van der Waals surface area contributed by atoms with Crippen LogP contribution >= 0.6 is 0 Å². The molecule has 4 aromatic rings. The summed E-state index contributed by atoms with van der Waals surface area (Å²) in [5.41, 5.74) is 6.90. The number of allylic oxidation sites excluding steroid dienone is 1. The number of amides is 4. The molecule has 0 spiro atoms. The number of imidazole rings is 2. The molecule has 14 heteroatoms. The van der Waals surface area contributed by atoms with Crippen molar-refractivity contribution in [3.05, 3.63) is 84.2 Å². The predicted octanol–water partition coefficient (Wildman–Crippen LogP) is 7.17. The van der Waals surface area contributed by atoms with Crippen molar-refractivity contribution in [1.29, 1.82) is 0 Å². The molecule has 0 bridgehead atoms. The summed E-state index contributed by atoms with van der Waals surface area (Å²) in [6.07, 6.45) is 7.65. The normalized spacial score (nSPS) is 18.6. The number of carbonyl (C=O) groups is 4. The van der Waals surface area contributed by atoms with Crippen molar-refractivity contribution in [1.82, 2.24) is 40.4 Å². The predicted molar refractivity (Wildman–Crippen MR) is 217 cm³/mol. The second-order valence-corrected chi connectivity index (χ2v) is 15.4. The van der Waals surface area contributed by atoms with Gasteiger partial charge in [-0.25, -0.2) is 19.6 Å². The van der Waals surface area contributed by atoms with Gasteiger partial charge in [0.2, 0.25) is 11.8 Å². The van der Waals surface area contributed by atoms with E-state index in [2.05, 4.69) is 87.1 Å². The third kappa shape index (κ3) is 9.05. The van der Waals surface area contributed by atoms with E-state index in [4.69, 9.17) is 14.5 Å². The Morgan fingerprint density at radius 3 is 1.65 bits per heavy atom. The number of hydrogen-bond donors (Lipinski definition) is 4. The minimum Gasteiger partial charge on any atom is -0.453 e. The Hall–Kier alpha value is -5.92. The van der Waals surface area contributed by atoms with Gasteiger partial charge in [0.1, 0.15) is 23.7 Å². The van der Waals surface area contributed by atoms with Crippen LogP contribution in [-0.2, 0) is 19.1 Å². The largest absolute Gasteiger partial charge is 0.453 e. The van der Waals surface area contributed by atoms with Crippen molar-refractivity contribution in [3.63, 3.8) is 0 Å². The second-order valence-electron chi connectivity index (χ2n) is 15.4. The summed E-state index contributed by atoms with van der Waals surface area (Å²) in [6, 6.07) is 14.6. The Bertz CT molecular complexity index is 2070. The summed E-state index contributed by atoms with van der Waals surface area (Å²) in [7, 11) is 2.58. The van der Waals surface area contributed by atoms with Crippen LogP contribution in [0.1, 0.15) is 84.0 Å². The topological polar surface area (TPSA) is 175 Å². The summed E-state index contributed by atoms with van der Waals surface area (Å²) in [4.78, 5) is 71.4. The van der Waals surface area contributed by atoms with Crippen LogP contribution in [0.5, 0.6) is 0 Å². The molecule has 4 N–H and O–H groups in total. The first kappa shape index (κ1) is 40.7. The highest BCUT2D eigenvalue weighted by Crippen LogP contribution is 2.37. The fourth-order valence-electron chi connectivity index (χ4n) is 7.73. The second kappa shape index (κ2) is 17.9. The number of aromatic amines is 2. The van der Waals surface area contributed by atoms with Crippen LogP contribution in [0.3, 0.4) is 0 Å². The molecular weight excluding hydrogens is 725 g/mol. The molecule has 0 saturated carbocycles. The van der Waals surface area contributed by atoms with Crippen molar-refractivity contribution >= 4 is 24.0 Å². The molecule has 57 heavy (non-hydrogen) atoms. The number of methoxy groups -OCH3 is 2. The molecule has 2 saturated heterocycles.